The van der Waals surface area contributed by atoms with Gasteiger partial charge >= 0.3 is 0 Å². The zero-order valence-electron chi connectivity index (χ0n) is 20.7. The van der Waals surface area contributed by atoms with Crippen LogP contribution in [-0.2, 0) is 29.2 Å². The monoisotopic (exact) mass is 488 g/mol. The van der Waals surface area contributed by atoms with E-state index in [1.807, 2.05) is 30.3 Å². The summed E-state index contributed by atoms with van der Waals surface area (Å²) in [4.78, 5) is 42.7. The number of hydrogen-bond acceptors (Lipinski definition) is 6. The third-order valence-electron chi connectivity index (χ3n) is 7.25. The Morgan fingerprint density at radius 3 is 2.32 bits per heavy atom. The fourth-order valence-electron chi connectivity index (χ4n) is 3.99. The van der Waals surface area contributed by atoms with Crippen molar-refractivity contribution in [3.8, 4) is 0 Å². The van der Waals surface area contributed by atoms with E-state index < -0.39 is 25.9 Å². The SMILES string of the molecule is C[C@@H](O[Si](C)(C)C(C)(C)C)C(=O)NNC(=O)C1CC(C2(c3ccccc3)C=C(C(N)=O)NO2)C1. The van der Waals surface area contributed by atoms with Gasteiger partial charge in [-0.1, -0.05) is 51.1 Å². The second-order valence-corrected chi connectivity index (χ2v) is 15.4. The average molecular weight is 489 g/mol. The Morgan fingerprint density at radius 1 is 1.18 bits per heavy atom. The van der Waals surface area contributed by atoms with Crippen LogP contribution in [-0.4, -0.2) is 32.1 Å². The van der Waals surface area contributed by atoms with Crippen molar-refractivity contribution in [2.45, 2.75) is 70.4 Å². The number of benzene rings is 1. The van der Waals surface area contributed by atoms with Crippen molar-refractivity contribution in [2.24, 2.45) is 17.6 Å². The Bertz CT molecular complexity index is 969. The van der Waals surface area contributed by atoms with Crippen LogP contribution in [0.2, 0.25) is 18.1 Å². The molecule has 1 saturated carbocycles. The molecule has 186 valence electrons. The molecule has 1 unspecified atom stereocenters. The molecular weight excluding hydrogens is 452 g/mol. The molecule has 1 fully saturated rings. The summed E-state index contributed by atoms with van der Waals surface area (Å²) < 4.78 is 6.08. The van der Waals surface area contributed by atoms with E-state index in [-0.39, 0.29) is 34.4 Å². The lowest BCUT2D eigenvalue weighted by molar-refractivity contribution is -0.146. The van der Waals surface area contributed by atoms with Crippen LogP contribution in [0.3, 0.4) is 0 Å². The lowest BCUT2D eigenvalue weighted by Gasteiger charge is -2.44. The molecule has 0 saturated heterocycles. The van der Waals surface area contributed by atoms with Crippen LogP contribution in [0.5, 0.6) is 0 Å². The van der Waals surface area contributed by atoms with Crippen molar-refractivity contribution in [3.05, 3.63) is 47.7 Å². The van der Waals surface area contributed by atoms with Gasteiger partial charge < -0.3 is 10.2 Å². The molecule has 3 rings (SSSR count). The van der Waals surface area contributed by atoms with Gasteiger partial charge in [-0.15, -0.1) is 0 Å². The zero-order chi connectivity index (χ0) is 25.3. The summed E-state index contributed by atoms with van der Waals surface area (Å²) in [7, 11) is -2.11. The number of carbonyl (C=O) groups excluding carboxylic acids is 3. The molecule has 0 bridgehead atoms. The van der Waals surface area contributed by atoms with Crippen LogP contribution in [0, 0.1) is 11.8 Å². The highest BCUT2D eigenvalue weighted by Crippen LogP contribution is 2.50. The molecule has 1 aliphatic heterocycles. The smallest absolute Gasteiger partial charge is 0.266 e. The van der Waals surface area contributed by atoms with E-state index in [1.165, 1.54) is 0 Å². The lowest BCUT2D eigenvalue weighted by atomic mass is 9.64. The number of carbonyl (C=O) groups is 3. The number of hydroxylamine groups is 1. The van der Waals surface area contributed by atoms with Gasteiger partial charge in [0, 0.05) is 11.8 Å². The summed E-state index contributed by atoms with van der Waals surface area (Å²) in [6.45, 7) is 12.1. The van der Waals surface area contributed by atoms with Gasteiger partial charge in [0.15, 0.2) is 8.32 Å². The molecule has 0 spiro atoms. The van der Waals surface area contributed by atoms with Gasteiger partial charge in [0.1, 0.15) is 17.4 Å². The van der Waals surface area contributed by atoms with E-state index in [2.05, 4.69) is 50.2 Å². The van der Waals surface area contributed by atoms with Crippen molar-refractivity contribution in [1.29, 1.82) is 0 Å². The summed E-state index contributed by atoms with van der Waals surface area (Å²) in [5, 5.41) is -0.0273. The lowest BCUT2D eigenvalue weighted by Crippen LogP contribution is -2.54. The van der Waals surface area contributed by atoms with Gasteiger partial charge in [-0.2, -0.15) is 0 Å². The number of nitrogens with one attached hydrogen (secondary N) is 3. The normalized spacial score (nSPS) is 25.4. The maximum atomic E-state index is 12.7. The number of hydrogen-bond donors (Lipinski definition) is 4. The maximum Gasteiger partial charge on any atom is 0.266 e. The topological polar surface area (TPSA) is 132 Å². The molecule has 1 aromatic rings. The Labute approximate surface area is 201 Å². The summed E-state index contributed by atoms with van der Waals surface area (Å²) in [6, 6.07) is 9.51. The van der Waals surface area contributed by atoms with Crippen molar-refractivity contribution in [2.75, 3.05) is 0 Å². The minimum Gasteiger partial charge on any atom is -0.405 e. The summed E-state index contributed by atoms with van der Waals surface area (Å²) >= 11 is 0. The number of hydrazine groups is 1. The first-order valence-corrected chi connectivity index (χ1v) is 14.5. The Morgan fingerprint density at radius 2 is 1.79 bits per heavy atom. The fourth-order valence-corrected chi connectivity index (χ4v) is 5.34. The van der Waals surface area contributed by atoms with E-state index in [1.54, 1.807) is 13.0 Å². The standard InChI is InChI=1S/C24H36N4O5Si/c1-15(32-34(5,6)23(2,3)4)21(30)26-27-22(31)16-12-18(13-16)24(17-10-8-7-9-11-17)14-19(20(25)29)28-33-24/h7-11,14-16,18,28H,12-13H2,1-6H3,(H2,25,29)(H,26,30)(H,27,31)/t15-,16?,18?,24?/m1/s1. The number of primary amides is 1. The molecule has 0 aromatic heterocycles. The first-order chi connectivity index (χ1) is 15.8. The van der Waals surface area contributed by atoms with Gasteiger partial charge in [-0.05, 0) is 49.5 Å². The third kappa shape index (κ3) is 5.18. The first-order valence-electron chi connectivity index (χ1n) is 11.6. The molecule has 1 aromatic carbocycles. The molecule has 2 atom stereocenters. The highest BCUT2D eigenvalue weighted by atomic mass is 28.4. The van der Waals surface area contributed by atoms with Crippen molar-refractivity contribution in [3.63, 3.8) is 0 Å². The molecule has 9 nitrogen and oxygen atoms in total. The molecule has 34 heavy (non-hydrogen) atoms. The Hall–Kier alpha value is -2.69. The highest BCUT2D eigenvalue weighted by molar-refractivity contribution is 6.74. The van der Waals surface area contributed by atoms with E-state index in [4.69, 9.17) is 15.0 Å². The fraction of sp³-hybridized carbons (Fsp3) is 0.542. The maximum absolute atomic E-state index is 12.7. The molecule has 2 aliphatic rings. The van der Waals surface area contributed by atoms with Crippen LogP contribution >= 0.6 is 0 Å². The van der Waals surface area contributed by atoms with Gasteiger partial charge in [0.25, 0.3) is 11.8 Å². The quantitative estimate of drug-likeness (QED) is 0.344. The zero-order valence-corrected chi connectivity index (χ0v) is 21.7. The molecule has 3 amide bonds. The summed E-state index contributed by atoms with van der Waals surface area (Å²) in [6.07, 6.45) is 2.07. The van der Waals surface area contributed by atoms with Gasteiger partial charge in [-0.25, -0.2) is 0 Å². The predicted molar refractivity (Wildman–Crippen MR) is 130 cm³/mol. The Kier molecular flexibility index (Phi) is 7.25. The van der Waals surface area contributed by atoms with Crippen LogP contribution in [0.4, 0.5) is 0 Å². The molecular formula is C24H36N4O5Si. The van der Waals surface area contributed by atoms with Crippen molar-refractivity contribution < 1.29 is 23.6 Å². The highest BCUT2D eigenvalue weighted by Gasteiger charge is 2.52. The third-order valence-corrected chi connectivity index (χ3v) is 11.8. The minimum atomic E-state index is -2.11. The first kappa shape index (κ1) is 25.9. The summed E-state index contributed by atoms with van der Waals surface area (Å²) in [5.41, 5.74) is 13.3. The second kappa shape index (κ2) is 9.51. The molecule has 10 heteroatoms. The van der Waals surface area contributed by atoms with E-state index in [0.717, 1.165) is 5.56 Å². The second-order valence-electron chi connectivity index (χ2n) is 10.6. The molecule has 5 N–H and O–H groups in total. The van der Waals surface area contributed by atoms with Crippen molar-refractivity contribution >= 4 is 26.0 Å². The van der Waals surface area contributed by atoms with Crippen LogP contribution in [0.25, 0.3) is 0 Å². The van der Waals surface area contributed by atoms with Gasteiger partial charge in [-0.3, -0.25) is 35.6 Å². The van der Waals surface area contributed by atoms with Crippen LogP contribution in [0.1, 0.15) is 46.1 Å². The number of rotatable bonds is 7. The van der Waals surface area contributed by atoms with E-state index >= 15 is 0 Å². The number of amides is 3. The van der Waals surface area contributed by atoms with Gasteiger partial charge in [0.2, 0.25) is 5.91 Å². The summed E-state index contributed by atoms with van der Waals surface area (Å²) in [5.74, 6) is -1.60. The average Bonchev–Trinajstić information content (AvgIpc) is 3.17. The van der Waals surface area contributed by atoms with Crippen LogP contribution in [0.15, 0.2) is 42.1 Å². The van der Waals surface area contributed by atoms with Gasteiger partial charge in [0.05, 0.1) is 0 Å². The van der Waals surface area contributed by atoms with E-state index in [0.29, 0.717) is 12.8 Å². The Balaban J connectivity index is 1.58. The minimum absolute atomic E-state index is 0.0273. The number of nitrogens with two attached hydrogens (primary N) is 1. The largest absolute Gasteiger partial charge is 0.405 e. The predicted octanol–water partition coefficient (Wildman–Crippen LogP) is 2.37. The van der Waals surface area contributed by atoms with Crippen LogP contribution < -0.4 is 22.1 Å². The molecule has 0 radical (unpaired) electrons. The van der Waals surface area contributed by atoms with E-state index in [9.17, 15) is 14.4 Å². The molecule has 1 aliphatic carbocycles. The molecule has 1 heterocycles. The van der Waals surface area contributed by atoms with Crippen molar-refractivity contribution in [1.82, 2.24) is 16.3 Å².